The molecule has 0 aliphatic carbocycles. The predicted octanol–water partition coefficient (Wildman–Crippen LogP) is 1.80. The lowest BCUT2D eigenvalue weighted by Crippen LogP contribution is -2.28. The minimum absolute atomic E-state index is 0.0772. The summed E-state index contributed by atoms with van der Waals surface area (Å²) in [6.07, 6.45) is 1.54. The molecule has 2 heterocycles. The van der Waals surface area contributed by atoms with Crippen molar-refractivity contribution in [2.75, 3.05) is 31.0 Å². The maximum absolute atomic E-state index is 12.4. The third-order valence-corrected chi connectivity index (χ3v) is 4.20. The van der Waals surface area contributed by atoms with Crippen LogP contribution in [0.2, 0.25) is 0 Å². The number of carbonyl (C=O) groups is 2. The Morgan fingerprint density at radius 2 is 2.04 bits per heavy atom. The van der Waals surface area contributed by atoms with E-state index in [1.54, 1.807) is 24.3 Å². The van der Waals surface area contributed by atoms with Gasteiger partial charge in [-0.15, -0.1) is 0 Å². The average molecular weight is 357 g/mol. The fourth-order valence-corrected chi connectivity index (χ4v) is 2.84. The van der Waals surface area contributed by atoms with E-state index in [1.165, 1.54) is 31.4 Å². The first kappa shape index (κ1) is 17.5. The zero-order valence-corrected chi connectivity index (χ0v) is 14.4. The van der Waals surface area contributed by atoms with Crippen LogP contribution in [0.5, 0.6) is 17.2 Å². The predicted molar refractivity (Wildman–Crippen MR) is 94.5 cm³/mol. The minimum atomic E-state index is -0.544. The molecule has 1 aromatic heterocycles. The standard InChI is InChI=1S/C18H19N3O5/c1-25-14-6-5-12(9-15(14)26-2)21-10-11(8-16(21)23)18(24)20-17-13(22)4-3-7-19-17/h3-7,9,11,22H,8,10H2,1-2H3,(H,19,20,24)/t11-/m0/s1. The Kier molecular flexibility index (Phi) is 4.92. The molecular formula is C18H19N3O5. The number of hydrogen-bond acceptors (Lipinski definition) is 6. The number of nitrogens with one attached hydrogen (secondary N) is 1. The van der Waals surface area contributed by atoms with Gasteiger partial charge in [0.15, 0.2) is 23.1 Å². The van der Waals surface area contributed by atoms with Gasteiger partial charge < -0.3 is 24.8 Å². The van der Waals surface area contributed by atoms with Gasteiger partial charge in [-0.25, -0.2) is 4.98 Å². The lowest BCUT2D eigenvalue weighted by atomic mass is 10.1. The van der Waals surface area contributed by atoms with E-state index in [9.17, 15) is 14.7 Å². The van der Waals surface area contributed by atoms with Crippen LogP contribution in [-0.2, 0) is 9.59 Å². The second-order valence-corrected chi connectivity index (χ2v) is 5.81. The zero-order chi connectivity index (χ0) is 18.7. The Bertz CT molecular complexity index is 839. The van der Waals surface area contributed by atoms with Gasteiger partial charge in [0, 0.05) is 30.9 Å². The molecule has 1 aliphatic rings. The molecule has 1 fully saturated rings. The zero-order valence-electron chi connectivity index (χ0n) is 14.4. The van der Waals surface area contributed by atoms with E-state index >= 15 is 0 Å². The number of methoxy groups -OCH3 is 2. The molecule has 2 aromatic rings. The van der Waals surface area contributed by atoms with Gasteiger partial charge in [0.2, 0.25) is 11.8 Å². The number of rotatable bonds is 5. The van der Waals surface area contributed by atoms with Crippen LogP contribution in [0.25, 0.3) is 0 Å². The molecule has 0 spiro atoms. The smallest absolute Gasteiger partial charge is 0.231 e. The highest BCUT2D eigenvalue weighted by atomic mass is 16.5. The van der Waals surface area contributed by atoms with E-state index in [-0.39, 0.29) is 36.3 Å². The van der Waals surface area contributed by atoms with Crippen LogP contribution in [0.1, 0.15) is 6.42 Å². The van der Waals surface area contributed by atoms with Crippen molar-refractivity contribution in [1.82, 2.24) is 4.98 Å². The Morgan fingerprint density at radius 1 is 1.27 bits per heavy atom. The van der Waals surface area contributed by atoms with Crippen LogP contribution in [0, 0.1) is 5.92 Å². The number of benzene rings is 1. The summed E-state index contributed by atoms with van der Waals surface area (Å²) in [5.74, 6) is -0.0571. The average Bonchev–Trinajstić information content (AvgIpc) is 3.05. The van der Waals surface area contributed by atoms with Gasteiger partial charge in [-0.3, -0.25) is 9.59 Å². The molecule has 1 atom stereocenters. The van der Waals surface area contributed by atoms with Crippen molar-refractivity contribution >= 4 is 23.3 Å². The highest BCUT2D eigenvalue weighted by molar-refractivity contribution is 6.03. The number of pyridine rings is 1. The maximum Gasteiger partial charge on any atom is 0.231 e. The van der Waals surface area contributed by atoms with Crippen molar-refractivity contribution < 1.29 is 24.2 Å². The van der Waals surface area contributed by atoms with Gasteiger partial charge in [0.1, 0.15) is 0 Å². The first-order valence-electron chi connectivity index (χ1n) is 8.00. The summed E-state index contributed by atoms with van der Waals surface area (Å²) in [4.78, 5) is 30.2. The van der Waals surface area contributed by atoms with Gasteiger partial charge in [-0.1, -0.05) is 0 Å². The van der Waals surface area contributed by atoms with Gasteiger partial charge >= 0.3 is 0 Å². The van der Waals surface area contributed by atoms with Crippen LogP contribution < -0.4 is 19.7 Å². The number of amides is 2. The summed E-state index contributed by atoms with van der Waals surface area (Å²) in [5.41, 5.74) is 0.628. The minimum Gasteiger partial charge on any atom is -0.504 e. The second-order valence-electron chi connectivity index (χ2n) is 5.81. The fourth-order valence-electron chi connectivity index (χ4n) is 2.84. The lowest BCUT2D eigenvalue weighted by Gasteiger charge is -2.18. The van der Waals surface area contributed by atoms with E-state index in [0.717, 1.165) is 0 Å². The van der Waals surface area contributed by atoms with Gasteiger partial charge in [0.05, 0.1) is 20.1 Å². The van der Waals surface area contributed by atoms with Crippen molar-refractivity contribution in [2.24, 2.45) is 5.92 Å². The van der Waals surface area contributed by atoms with E-state index in [0.29, 0.717) is 17.2 Å². The van der Waals surface area contributed by atoms with Gasteiger partial charge in [-0.05, 0) is 24.3 Å². The third kappa shape index (κ3) is 3.39. The molecule has 8 nitrogen and oxygen atoms in total. The number of anilines is 2. The summed E-state index contributed by atoms with van der Waals surface area (Å²) in [7, 11) is 3.05. The summed E-state index contributed by atoms with van der Waals surface area (Å²) in [6.45, 7) is 0.230. The molecule has 136 valence electrons. The van der Waals surface area contributed by atoms with E-state index in [2.05, 4.69) is 10.3 Å². The molecule has 1 aromatic carbocycles. The number of hydrogen-bond donors (Lipinski definition) is 2. The van der Waals surface area contributed by atoms with Gasteiger partial charge in [-0.2, -0.15) is 0 Å². The fraction of sp³-hybridized carbons (Fsp3) is 0.278. The summed E-state index contributed by atoms with van der Waals surface area (Å²) in [6, 6.07) is 8.13. The number of aromatic hydroxyl groups is 1. The molecule has 0 bridgehead atoms. The van der Waals surface area contributed by atoms with Crippen molar-refractivity contribution in [1.29, 1.82) is 0 Å². The first-order chi connectivity index (χ1) is 12.5. The molecule has 8 heteroatoms. The second kappa shape index (κ2) is 7.30. The molecule has 26 heavy (non-hydrogen) atoms. The molecule has 2 amide bonds. The summed E-state index contributed by atoms with van der Waals surface area (Å²) < 4.78 is 10.5. The first-order valence-corrected chi connectivity index (χ1v) is 8.00. The van der Waals surface area contributed by atoms with Crippen molar-refractivity contribution in [3.05, 3.63) is 36.5 Å². The number of aromatic nitrogens is 1. The SMILES string of the molecule is COc1ccc(N2C[C@@H](C(=O)Nc3ncccc3O)CC2=O)cc1OC. The molecular weight excluding hydrogens is 338 g/mol. The van der Waals surface area contributed by atoms with Crippen LogP contribution in [0.3, 0.4) is 0 Å². The maximum atomic E-state index is 12.4. The van der Waals surface area contributed by atoms with Crippen LogP contribution >= 0.6 is 0 Å². The Morgan fingerprint density at radius 3 is 2.73 bits per heavy atom. The Balaban J connectivity index is 1.74. The molecule has 0 radical (unpaired) electrons. The van der Waals surface area contributed by atoms with Crippen LogP contribution in [0.4, 0.5) is 11.5 Å². The topological polar surface area (TPSA) is 101 Å². The molecule has 1 saturated heterocycles. The highest BCUT2D eigenvalue weighted by Gasteiger charge is 2.35. The largest absolute Gasteiger partial charge is 0.504 e. The molecule has 2 N–H and O–H groups in total. The number of nitrogens with zero attached hydrogens (tertiary/aromatic N) is 2. The monoisotopic (exact) mass is 357 g/mol. The normalized spacial score (nSPS) is 16.5. The molecule has 0 unspecified atom stereocenters. The van der Waals surface area contributed by atoms with E-state index in [1.807, 2.05) is 0 Å². The Hall–Kier alpha value is -3.29. The van der Waals surface area contributed by atoms with Crippen molar-refractivity contribution in [3.63, 3.8) is 0 Å². The van der Waals surface area contributed by atoms with E-state index < -0.39 is 5.92 Å². The quantitative estimate of drug-likeness (QED) is 0.846. The third-order valence-electron chi connectivity index (χ3n) is 4.20. The lowest BCUT2D eigenvalue weighted by molar-refractivity contribution is -0.122. The number of carbonyl (C=O) groups excluding carboxylic acids is 2. The summed E-state index contributed by atoms with van der Waals surface area (Å²) >= 11 is 0. The number of ether oxygens (including phenoxy) is 2. The van der Waals surface area contributed by atoms with Gasteiger partial charge in [0.25, 0.3) is 0 Å². The highest BCUT2D eigenvalue weighted by Crippen LogP contribution is 2.34. The van der Waals surface area contributed by atoms with Crippen molar-refractivity contribution in [3.8, 4) is 17.2 Å². The molecule has 0 saturated carbocycles. The summed E-state index contributed by atoms with van der Waals surface area (Å²) in [5, 5.41) is 12.3. The van der Waals surface area contributed by atoms with Crippen molar-refractivity contribution in [2.45, 2.75) is 6.42 Å². The van der Waals surface area contributed by atoms with E-state index in [4.69, 9.17) is 9.47 Å². The molecule has 1 aliphatic heterocycles. The van der Waals surface area contributed by atoms with Crippen LogP contribution in [-0.4, -0.2) is 42.7 Å². The van der Waals surface area contributed by atoms with Crippen LogP contribution in [0.15, 0.2) is 36.5 Å². The molecule has 3 rings (SSSR count). The Labute approximate surface area is 150 Å².